The van der Waals surface area contributed by atoms with Crippen molar-refractivity contribution in [2.75, 3.05) is 18.4 Å². The molecule has 8 nitrogen and oxygen atoms in total. The summed E-state index contributed by atoms with van der Waals surface area (Å²) >= 11 is 0. The number of carbonyl (C=O) groups excluding carboxylic acids is 1. The van der Waals surface area contributed by atoms with Crippen molar-refractivity contribution in [2.45, 2.75) is 50.9 Å². The summed E-state index contributed by atoms with van der Waals surface area (Å²) in [7, 11) is 0. The molecule has 3 aromatic rings. The predicted molar refractivity (Wildman–Crippen MR) is 138 cm³/mol. The molecule has 0 aliphatic heterocycles. The SMILES string of the molecule is O=C(O)CN(Cc1ccccn1)[C@H]1CCCC[C@@H]1N(CC(=O)Nc1ccccc1)Cc1ccccn1. The van der Waals surface area contributed by atoms with Crippen molar-refractivity contribution in [3.8, 4) is 0 Å². The van der Waals surface area contributed by atoms with E-state index in [4.69, 9.17) is 0 Å². The normalized spacial score (nSPS) is 17.7. The third-order valence-electron chi connectivity index (χ3n) is 6.56. The van der Waals surface area contributed by atoms with Gasteiger partial charge in [0.15, 0.2) is 0 Å². The number of hydrogen-bond donors (Lipinski definition) is 2. The number of carbonyl (C=O) groups is 2. The number of para-hydroxylation sites is 1. The third kappa shape index (κ3) is 7.44. The van der Waals surface area contributed by atoms with Gasteiger partial charge in [0.05, 0.1) is 24.5 Å². The van der Waals surface area contributed by atoms with E-state index in [-0.39, 0.29) is 31.1 Å². The Kier molecular flexibility index (Phi) is 9.13. The smallest absolute Gasteiger partial charge is 0.317 e. The molecule has 2 N–H and O–H groups in total. The number of amides is 1. The van der Waals surface area contributed by atoms with Gasteiger partial charge >= 0.3 is 5.97 Å². The summed E-state index contributed by atoms with van der Waals surface area (Å²) in [5.41, 5.74) is 2.47. The van der Waals surface area contributed by atoms with Gasteiger partial charge in [-0.1, -0.05) is 43.2 Å². The molecule has 8 heteroatoms. The number of pyridine rings is 2. The molecule has 188 valence electrons. The van der Waals surface area contributed by atoms with E-state index in [0.29, 0.717) is 13.1 Å². The largest absolute Gasteiger partial charge is 0.480 e. The van der Waals surface area contributed by atoms with Gasteiger partial charge in [-0.15, -0.1) is 0 Å². The molecule has 1 aliphatic rings. The molecule has 0 radical (unpaired) electrons. The number of nitrogens with zero attached hydrogens (tertiary/aromatic N) is 4. The molecule has 36 heavy (non-hydrogen) atoms. The number of hydrogen-bond acceptors (Lipinski definition) is 6. The number of aliphatic carboxylic acids is 1. The number of aromatic nitrogens is 2. The zero-order valence-corrected chi connectivity index (χ0v) is 20.4. The van der Waals surface area contributed by atoms with Crippen LogP contribution >= 0.6 is 0 Å². The van der Waals surface area contributed by atoms with Crippen LogP contribution in [0.5, 0.6) is 0 Å². The highest BCUT2D eigenvalue weighted by atomic mass is 16.4. The Morgan fingerprint density at radius 1 is 0.778 bits per heavy atom. The van der Waals surface area contributed by atoms with Crippen LogP contribution < -0.4 is 5.32 Å². The van der Waals surface area contributed by atoms with Crippen molar-refractivity contribution in [1.82, 2.24) is 19.8 Å². The molecule has 2 heterocycles. The molecule has 1 aromatic carbocycles. The Labute approximate surface area is 212 Å². The predicted octanol–water partition coefficient (Wildman–Crippen LogP) is 3.82. The Morgan fingerprint density at radius 2 is 1.31 bits per heavy atom. The third-order valence-corrected chi connectivity index (χ3v) is 6.56. The fraction of sp³-hybridized carbons (Fsp3) is 0.357. The van der Waals surface area contributed by atoms with E-state index >= 15 is 0 Å². The minimum atomic E-state index is -0.867. The summed E-state index contributed by atoms with van der Waals surface area (Å²) in [5.74, 6) is -0.968. The van der Waals surface area contributed by atoms with Gasteiger partial charge < -0.3 is 10.4 Å². The summed E-state index contributed by atoms with van der Waals surface area (Å²) in [4.78, 5) is 38.1. The van der Waals surface area contributed by atoms with Gasteiger partial charge in [0.25, 0.3) is 0 Å². The van der Waals surface area contributed by atoms with Crippen LogP contribution in [0.1, 0.15) is 37.1 Å². The van der Waals surface area contributed by atoms with Crippen LogP contribution in [0.3, 0.4) is 0 Å². The first kappa shape index (κ1) is 25.5. The highest BCUT2D eigenvalue weighted by molar-refractivity contribution is 5.92. The number of nitrogens with one attached hydrogen (secondary N) is 1. The first-order valence-electron chi connectivity index (χ1n) is 12.4. The van der Waals surface area contributed by atoms with Crippen LogP contribution in [-0.2, 0) is 22.7 Å². The van der Waals surface area contributed by atoms with Crippen LogP contribution in [0.4, 0.5) is 5.69 Å². The lowest BCUT2D eigenvalue weighted by atomic mass is 9.87. The maximum atomic E-state index is 13.1. The number of anilines is 1. The quantitative estimate of drug-likeness (QED) is 0.424. The van der Waals surface area contributed by atoms with Crippen molar-refractivity contribution >= 4 is 17.6 Å². The van der Waals surface area contributed by atoms with Crippen LogP contribution in [-0.4, -0.2) is 61.9 Å². The summed E-state index contributed by atoms with van der Waals surface area (Å²) < 4.78 is 0. The average molecular weight is 488 g/mol. The summed E-state index contributed by atoms with van der Waals surface area (Å²) in [5, 5.41) is 12.7. The number of carboxylic acids is 1. The molecule has 1 amide bonds. The monoisotopic (exact) mass is 487 g/mol. The maximum Gasteiger partial charge on any atom is 0.317 e. The van der Waals surface area contributed by atoms with Crippen molar-refractivity contribution in [2.24, 2.45) is 0 Å². The Hall–Kier alpha value is -3.62. The van der Waals surface area contributed by atoms with Gasteiger partial charge in [-0.25, -0.2) is 0 Å². The molecule has 1 saturated carbocycles. The van der Waals surface area contributed by atoms with Crippen molar-refractivity contribution in [3.05, 3.63) is 90.5 Å². The van der Waals surface area contributed by atoms with E-state index in [9.17, 15) is 14.7 Å². The first-order valence-corrected chi connectivity index (χ1v) is 12.4. The summed E-state index contributed by atoms with van der Waals surface area (Å²) in [6.07, 6.45) is 7.29. The zero-order chi connectivity index (χ0) is 25.2. The molecule has 0 bridgehead atoms. The minimum absolute atomic E-state index is 0.00495. The van der Waals surface area contributed by atoms with E-state index in [0.717, 1.165) is 42.8 Å². The lowest BCUT2D eigenvalue weighted by Crippen LogP contribution is -2.55. The molecular weight excluding hydrogens is 454 g/mol. The Morgan fingerprint density at radius 3 is 1.81 bits per heavy atom. The molecule has 0 unspecified atom stereocenters. The van der Waals surface area contributed by atoms with E-state index in [1.807, 2.05) is 71.6 Å². The lowest BCUT2D eigenvalue weighted by Gasteiger charge is -2.44. The number of rotatable bonds is 11. The van der Waals surface area contributed by atoms with Crippen LogP contribution in [0.2, 0.25) is 0 Å². The molecule has 2 atom stereocenters. The first-order chi connectivity index (χ1) is 17.6. The zero-order valence-electron chi connectivity index (χ0n) is 20.4. The second kappa shape index (κ2) is 12.9. The molecule has 1 fully saturated rings. The molecule has 4 rings (SSSR count). The molecule has 1 aliphatic carbocycles. The van der Waals surface area contributed by atoms with Gasteiger partial charge in [-0.05, 0) is 49.2 Å². The van der Waals surface area contributed by atoms with Gasteiger partial charge in [0.1, 0.15) is 0 Å². The van der Waals surface area contributed by atoms with Crippen LogP contribution in [0.25, 0.3) is 0 Å². The molecular formula is C28H33N5O3. The summed E-state index contributed by atoms with van der Waals surface area (Å²) in [6.45, 7) is 1.07. The minimum Gasteiger partial charge on any atom is -0.480 e. The fourth-order valence-corrected chi connectivity index (χ4v) is 5.00. The standard InChI is InChI=1S/C28H33N5O3/c34-27(31-22-10-2-1-3-11-22)20-32(18-23-12-6-8-16-29-23)25-14-4-5-15-26(25)33(21-28(35)36)19-24-13-7-9-17-30-24/h1-3,6-13,16-17,25-26H,4-5,14-15,18-21H2,(H,31,34)(H,35,36)/t25-,26-/m0/s1. The second-order valence-electron chi connectivity index (χ2n) is 9.18. The molecule has 2 aromatic heterocycles. The van der Waals surface area contributed by atoms with Crippen molar-refractivity contribution in [1.29, 1.82) is 0 Å². The summed E-state index contributed by atoms with van der Waals surface area (Å²) in [6, 6.07) is 20.9. The van der Waals surface area contributed by atoms with E-state index in [2.05, 4.69) is 20.2 Å². The van der Waals surface area contributed by atoms with E-state index in [1.54, 1.807) is 12.4 Å². The average Bonchev–Trinajstić information content (AvgIpc) is 2.89. The highest BCUT2D eigenvalue weighted by Crippen LogP contribution is 2.29. The second-order valence-corrected chi connectivity index (χ2v) is 9.18. The van der Waals surface area contributed by atoms with Crippen molar-refractivity contribution in [3.63, 3.8) is 0 Å². The van der Waals surface area contributed by atoms with Gasteiger partial charge in [0, 0.05) is 43.3 Å². The van der Waals surface area contributed by atoms with Gasteiger partial charge in [-0.2, -0.15) is 0 Å². The highest BCUT2D eigenvalue weighted by Gasteiger charge is 2.36. The molecule has 0 saturated heterocycles. The number of benzene rings is 1. The molecule has 0 spiro atoms. The lowest BCUT2D eigenvalue weighted by molar-refractivity contribution is -0.140. The number of carboxylic acid groups (broad SMARTS) is 1. The van der Waals surface area contributed by atoms with Gasteiger partial charge in [-0.3, -0.25) is 29.4 Å². The Bertz CT molecular complexity index is 1100. The van der Waals surface area contributed by atoms with E-state index < -0.39 is 5.97 Å². The van der Waals surface area contributed by atoms with Crippen LogP contribution in [0.15, 0.2) is 79.1 Å². The van der Waals surface area contributed by atoms with Gasteiger partial charge in [0.2, 0.25) is 5.91 Å². The fourth-order valence-electron chi connectivity index (χ4n) is 5.00. The maximum absolute atomic E-state index is 13.1. The van der Waals surface area contributed by atoms with E-state index in [1.165, 1.54) is 0 Å². The van der Waals surface area contributed by atoms with Crippen molar-refractivity contribution < 1.29 is 14.7 Å². The Balaban J connectivity index is 1.58. The van der Waals surface area contributed by atoms with Crippen LogP contribution in [0, 0.1) is 0 Å². The topological polar surface area (TPSA) is 98.7 Å².